The molecule has 3 N–H and O–H groups in total. The summed E-state index contributed by atoms with van der Waals surface area (Å²) in [6.07, 6.45) is 3.04. The van der Waals surface area contributed by atoms with E-state index in [1.165, 1.54) is 19.4 Å². The van der Waals surface area contributed by atoms with E-state index in [1.807, 2.05) is 6.92 Å². The van der Waals surface area contributed by atoms with Crippen LogP contribution >= 0.6 is 0 Å². The number of rotatable bonds is 4. The summed E-state index contributed by atoms with van der Waals surface area (Å²) in [6.45, 7) is 2.76. The topological polar surface area (TPSA) is 121 Å². The molecular formula is C17H22N4O5. The molecule has 3 rings (SSSR count). The fourth-order valence-corrected chi connectivity index (χ4v) is 3.82. The van der Waals surface area contributed by atoms with Gasteiger partial charge in [0.05, 0.1) is 7.11 Å². The zero-order chi connectivity index (χ0) is 18.9. The smallest absolute Gasteiger partial charge is 0.322 e. The van der Waals surface area contributed by atoms with Gasteiger partial charge in [-0.2, -0.15) is 0 Å². The van der Waals surface area contributed by atoms with Crippen LogP contribution in [0, 0.1) is 5.92 Å². The lowest BCUT2D eigenvalue weighted by Gasteiger charge is -2.40. The molecular weight excluding hydrogens is 340 g/mol. The lowest BCUT2D eigenvalue weighted by Crippen LogP contribution is -2.56. The molecule has 4 amide bonds. The van der Waals surface area contributed by atoms with Crippen LogP contribution in [-0.4, -0.2) is 53.5 Å². The molecule has 1 unspecified atom stereocenters. The standard InChI is InChI=1S/C17H22N4O5/c1-3-17(15(24)19-16(25)20-17)10-4-6-21(7-5-10)14(23)11-8-12(22)13(26-2)9-18-11/h8-10H,3-7H2,1-2H3,(H,18,22)(H2,19,20,24,25). The molecule has 9 nitrogen and oxygen atoms in total. The highest BCUT2D eigenvalue weighted by molar-refractivity contribution is 6.07. The van der Waals surface area contributed by atoms with Crippen molar-refractivity contribution >= 4 is 17.8 Å². The van der Waals surface area contributed by atoms with Gasteiger partial charge in [-0.3, -0.25) is 19.7 Å². The van der Waals surface area contributed by atoms with E-state index in [1.54, 1.807) is 4.90 Å². The van der Waals surface area contributed by atoms with Gasteiger partial charge in [0.25, 0.3) is 11.8 Å². The van der Waals surface area contributed by atoms with Gasteiger partial charge < -0.3 is 19.9 Å². The number of ether oxygens (including phenoxy) is 1. The Labute approximate surface area is 150 Å². The number of amides is 4. The predicted octanol–water partition coefficient (Wildman–Crippen LogP) is 0.224. The Morgan fingerprint density at radius 1 is 1.31 bits per heavy atom. The van der Waals surface area contributed by atoms with Crippen LogP contribution in [0.3, 0.4) is 0 Å². The van der Waals surface area contributed by atoms with E-state index in [9.17, 15) is 19.2 Å². The van der Waals surface area contributed by atoms with E-state index in [2.05, 4.69) is 15.6 Å². The molecule has 0 saturated carbocycles. The molecule has 0 radical (unpaired) electrons. The summed E-state index contributed by atoms with van der Waals surface area (Å²) in [6, 6.07) is 0.761. The number of nitrogens with one attached hydrogen (secondary N) is 3. The molecule has 2 aliphatic rings. The van der Waals surface area contributed by atoms with E-state index in [0.717, 1.165) is 0 Å². The number of aromatic amines is 1. The van der Waals surface area contributed by atoms with Gasteiger partial charge in [-0.05, 0) is 25.2 Å². The van der Waals surface area contributed by atoms with Crippen molar-refractivity contribution < 1.29 is 19.1 Å². The van der Waals surface area contributed by atoms with Gasteiger partial charge in [-0.25, -0.2) is 4.79 Å². The molecule has 2 fully saturated rings. The summed E-state index contributed by atoms with van der Waals surface area (Å²) in [5.41, 5.74) is -1.06. The second-order valence-corrected chi connectivity index (χ2v) is 6.58. The summed E-state index contributed by atoms with van der Waals surface area (Å²) < 4.78 is 4.90. The number of urea groups is 1. The van der Waals surface area contributed by atoms with Crippen molar-refractivity contribution in [3.8, 4) is 5.75 Å². The van der Waals surface area contributed by atoms with E-state index < -0.39 is 11.6 Å². The molecule has 140 valence electrons. The molecule has 26 heavy (non-hydrogen) atoms. The first-order valence-electron chi connectivity index (χ1n) is 8.61. The second kappa shape index (κ2) is 6.81. The van der Waals surface area contributed by atoms with Crippen molar-refractivity contribution in [1.29, 1.82) is 0 Å². The van der Waals surface area contributed by atoms with E-state index in [4.69, 9.17) is 4.74 Å². The molecule has 0 aliphatic carbocycles. The van der Waals surface area contributed by atoms with Gasteiger partial charge in [0.1, 0.15) is 11.2 Å². The van der Waals surface area contributed by atoms with Crippen molar-refractivity contribution in [2.24, 2.45) is 5.92 Å². The van der Waals surface area contributed by atoms with Gasteiger partial charge >= 0.3 is 6.03 Å². The summed E-state index contributed by atoms with van der Waals surface area (Å²) in [7, 11) is 1.39. The third-order valence-electron chi connectivity index (χ3n) is 5.33. The van der Waals surface area contributed by atoms with Gasteiger partial charge in [-0.15, -0.1) is 0 Å². The fraction of sp³-hybridized carbons (Fsp3) is 0.529. The number of methoxy groups -OCH3 is 1. The van der Waals surface area contributed by atoms with Gasteiger partial charge in [-0.1, -0.05) is 6.92 Å². The third-order valence-corrected chi connectivity index (χ3v) is 5.33. The minimum atomic E-state index is -0.902. The van der Waals surface area contributed by atoms with Crippen LogP contribution in [0.2, 0.25) is 0 Å². The molecule has 2 saturated heterocycles. The van der Waals surface area contributed by atoms with E-state index >= 15 is 0 Å². The highest BCUT2D eigenvalue weighted by Gasteiger charge is 2.51. The minimum Gasteiger partial charge on any atom is -0.491 e. The van der Waals surface area contributed by atoms with Crippen molar-refractivity contribution in [1.82, 2.24) is 20.5 Å². The number of imide groups is 1. The van der Waals surface area contributed by atoms with Crippen molar-refractivity contribution in [2.45, 2.75) is 31.7 Å². The first-order valence-corrected chi connectivity index (χ1v) is 8.61. The number of hydrogen-bond donors (Lipinski definition) is 3. The normalized spacial score (nSPS) is 23.5. The van der Waals surface area contributed by atoms with Crippen molar-refractivity contribution in [3.05, 3.63) is 28.2 Å². The average molecular weight is 362 g/mol. The number of hydrogen-bond acceptors (Lipinski definition) is 5. The molecule has 1 aromatic heterocycles. The van der Waals surface area contributed by atoms with E-state index in [0.29, 0.717) is 32.4 Å². The van der Waals surface area contributed by atoms with Gasteiger partial charge in [0, 0.05) is 25.4 Å². The zero-order valence-electron chi connectivity index (χ0n) is 14.8. The number of carbonyl (C=O) groups excluding carboxylic acids is 3. The number of likely N-dealkylation sites (tertiary alicyclic amines) is 1. The van der Waals surface area contributed by atoms with E-state index in [-0.39, 0.29) is 34.6 Å². The first kappa shape index (κ1) is 18.0. The molecule has 0 bridgehead atoms. The predicted molar refractivity (Wildman–Crippen MR) is 91.9 cm³/mol. The quantitative estimate of drug-likeness (QED) is 0.662. The van der Waals surface area contributed by atoms with Crippen LogP contribution in [0.1, 0.15) is 36.7 Å². The van der Waals surface area contributed by atoms with Gasteiger partial charge in [0.15, 0.2) is 5.75 Å². The molecule has 0 spiro atoms. The first-order chi connectivity index (χ1) is 12.4. The lowest BCUT2D eigenvalue weighted by atomic mass is 9.76. The highest BCUT2D eigenvalue weighted by Crippen LogP contribution is 2.33. The van der Waals surface area contributed by atoms with Gasteiger partial charge in [0.2, 0.25) is 5.43 Å². The Morgan fingerprint density at radius 2 is 2.00 bits per heavy atom. The maximum absolute atomic E-state index is 12.6. The lowest BCUT2D eigenvalue weighted by molar-refractivity contribution is -0.126. The summed E-state index contributed by atoms with van der Waals surface area (Å²) in [5, 5.41) is 5.08. The Bertz CT molecular complexity index is 797. The number of aromatic nitrogens is 1. The number of piperidine rings is 1. The van der Waals surface area contributed by atoms with Crippen LogP contribution in [0.4, 0.5) is 4.79 Å². The second-order valence-electron chi connectivity index (χ2n) is 6.58. The number of H-pyrrole nitrogens is 1. The maximum Gasteiger partial charge on any atom is 0.322 e. The largest absolute Gasteiger partial charge is 0.491 e. The van der Waals surface area contributed by atoms with Crippen LogP contribution in [0.5, 0.6) is 5.75 Å². The summed E-state index contributed by atoms with van der Waals surface area (Å²) in [4.78, 5) is 52.7. The fourth-order valence-electron chi connectivity index (χ4n) is 3.82. The average Bonchev–Trinajstić information content (AvgIpc) is 2.95. The molecule has 2 aliphatic heterocycles. The van der Waals surface area contributed by atoms with Crippen LogP contribution in [-0.2, 0) is 4.79 Å². The minimum absolute atomic E-state index is 0.0436. The number of pyridine rings is 1. The molecule has 0 aromatic carbocycles. The Morgan fingerprint density at radius 3 is 2.50 bits per heavy atom. The third kappa shape index (κ3) is 2.93. The monoisotopic (exact) mass is 362 g/mol. The van der Waals surface area contributed by atoms with Crippen molar-refractivity contribution in [2.75, 3.05) is 20.2 Å². The maximum atomic E-state index is 12.6. The molecule has 9 heteroatoms. The number of nitrogens with zero attached hydrogens (tertiary/aromatic N) is 1. The Hall–Kier alpha value is -2.84. The summed E-state index contributed by atoms with van der Waals surface area (Å²) >= 11 is 0. The molecule has 1 aromatic rings. The number of carbonyl (C=O) groups is 3. The Kier molecular flexibility index (Phi) is 4.71. The van der Waals surface area contributed by atoms with Crippen LogP contribution < -0.4 is 20.8 Å². The van der Waals surface area contributed by atoms with Crippen molar-refractivity contribution in [3.63, 3.8) is 0 Å². The zero-order valence-corrected chi connectivity index (χ0v) is 14.8. The molecule has 3 heterocycles. The summed E-state index contributed by atoms with van der Waals surface area (Å²) in [5.74, 6) is -0.464. The van der Waals surface area contributed by atoms with Crippen LogP contribution in [0.25, 0.3) is 0 Å². The SMILES string of the molecule is CCC1(C2CCN(C(=O)c3cc(=O)c(OC)c[nH]3)CC2)NC(=O)NC1=O. The highest BCUT2D eigenvalue weighted by atomic mass is 16.5. The van der Waals surface area contributed by atoms with Crippen LogP contribution in [0.15, 0.2) is 17.1 Å². The molecule has 1 atom stereocenters. The Balaban J connectivity index is 1.69.